The molecule has 15 rings (SSSR count). The third-order valence-electron chi connectivity index (χ3n) is 23.6. The predicted molar refractivity (Wildman–Crippen MR) is 518 cm³/mol. The highest BCUT2D eigenvalue weighted by molar-refractivity contribution is 5.60. The molecule has 5 aromatic rings. The Hall–Kier alpha value is -7.44. The van der Waals surface area contributed by atoms with Gasteiger partial charge in [0, 0.05) is 99.9 Å². The lowest BCUT2D eigenvalue weighted by atomic mass is 9.94. The van der Waals surface area contributed by atoms with E-state index in [1.165, 1.54) is 217 Å². The van der Waals surface area contributed by atoms with Crippen molar-refractivity contribution in [1.29, 1.82) is 10.5 Å². The van der Waals surface area contributed by atoms with Crippen molar-refractivity contribution >= 4 is 0 Å². The Morgan fingerprint density at radius 1 is 0.179 bits per heavy atom. The highest BCUT2D eigenvalue weighted by atomic mass is 16.5. The summed E-state index contributed by atoms with van der Waals surface area (Å²) in [5, 5.41) is 15.8. The molecular weight excluding hydrogens is 1520 g/mol. The normalized spacial score (nSPS) is 11.9. The van der Waals surface area contributed by atoms with Gasteiger partial charge in [0.25, 0.3) is 0 Å². The van der Waals surface area contributed by atoms with Gasteiger partial charge < -0.3 is 47.4 Å². The van der Waals surface area contributed by atoms with E-state index in [-0.39, 0.29) is 0 Å². The van der Waals surface area contributed by atoms with Gasteiger partial charge in [0.2, 0.25) is 0 Å². The number of nitrogens with zero attached hydrogens (tertiary/aromatic N) is 2. The van der Waals surface area contributed by atoms with E-state index in [1.54, 1.807) is 12.1 Å². The Balaban J connectivity index is 0.00000319. The van der Waals surface area contributed by atoms with E-state index in [2.05, 4.69) is 130 Å². The Kier molecular flexibility index (Phi) is 61.8. The maximum atomic E-state index is 7.91. The lowest BCUT2D eigenvalue weighted by Gasteiger charge is -2.22. The monoisotopic (exact) mass is 1700 g/mol. The molecule has 10 aliphatic rings. The highest BCUT2D eigenvalue weighted by Gasteiger charge is 2.26. The van der Waals surface area contributed by atoms with Gasteiger partial charge in [-0.25, -0.2) is 0 Å². The molecule has 0 saturated carbocycles. The lowest BCUT2D eigenvalue weighted by Crippen LogP contribution is -2.10. The molecular formula is C111H174N2O10. The van der Waals surface area contributed by atoms with Crippen LogP contribution in [-0.2, 0) is 32.1 Å². The lowest BCUT2D eigenvalue weighted by molar-refractivity contribution is 0.287. The van der Waals surface area contributed by atoms with Gasteiger partial charge in [-0.3, -0.25) is 0 Å². The smallest absolute Gasteiger partial charge is 0.123 e. The van der Waals surface area contributed by atoms with Crippen LogP contribution >= 0.6 is 0 Å². The van der Waals surface area contributed by atoms with Gasteiger partial charge in [-0.1, -0.05) is 338 Å². The fraction of sp³-hybridized carbons (Fsp3) is 0.676. The minimum absolute atomic E-state index is 0.570. The predicted octanol–water partition coefficient (Wildman–Crippen LogP) is 32.6. The topological polar surface area (TPSA) is 140 Å². The molecule has 0 fully saturated rings. The molecule has 688 valence electrons. The zero-order chi connectivity index (χ0) is 87.9. The molecule has 10 aliphatic carbocycles. The molecule has 0 saturated heterocycles. The Labute approximate surface area is 752 Å². The summed E-state index contributed by atoms with van der Waals surface area (Å²) in [5.41, 5.74) is 10.9. The molecule has 12 heteroatoms. The molecule has 0 amide bonds. The second kappa shape index (κ2) is 71.7. The number of hydrogen-bond acceptors (Lipinski definition) is 12. The SMILES string of the molecule is CCCCCCCOc1cc2c(OCCCCCCC)cc1Cc1cc(OCCCCCCC)c(cc1OCCCCCCC)Cc1cc(OCCCCCCC)c(cc1OCCCCCCC)Cc1cc(OCCCCCCC)c(cc1OCCCCCCC)Cc1cc(OCCCCCCC)c(cc1OCCCCCCC)C2.N#C/C=C/C=C/C#N. The third kappa shape index (κ3) is 46.0. The summed E-state index contributed by atoms with van der Waals surface area (Å²) < 4.78 is 73.0. The van der Waals surface area contributed by atoms with Crippen molar-refractivity contribution in [3.8, 4) is 69.6 Å². The van der Waals surface area contributed by atoms with E-state index in [9.17, 15) is 0 Å². The summed E-state index contributed by atoms with van der Waals surface area (Å²) in [5.74, 6) is 8.96. The number of allylic oxidation sites excluding steroid dienone is 4. The average Bonchev–Trinajstić information content (AvgIpc) is 1.17. The van der Waals surface area contributed by atoms with Crippen molar-refractivity contribution in [2.45, 2.75) is 422 Å². The fourth-order valence-electron chi connectivity index (χ4n) is 16.0. The summed E-state index contributed by atoms with van der Waals surface area (Å²) in [4.78, 5) is 0. The minimum Gasteiger partial charge on any atom is -0.493 e. The van der Waals surface area contributed by atoms with Crippen molar-refractivity contribution in [3.05, 3.63) is 141 Å². The standard InChI is InChI=1S/C105H170O10.C6H4N2/c1-11-21-31-41-51-61-106-96-76-87-72-89-79-101(111-66-56-46-36-26-16-6)91(81-100(89)110-65-55-45-35-25-15-5)74-93-83-105(115-70-60-50-40-30-20-10)95(85-104(93)114-69-59-49-39-29-19-9)75-94-84-102(112-67-57-47-37-27-17-7)92(82-103(94)113-68-58-48-38-28-18-8)73-90-80-98(108-63-53-43-33-23-13-3)88(78-99(90)109-64-54-44-34-24-14-4)71-86(96)77-97(87)107-62-52-42-32-22-12-2;7-5-3-1-2-4-6-8/h76-85H,11-75H2,1-10H3;1-4H/b;3-1+,4-2+. The van der Waals surface area contributed by atoms with Crippen LogP contribution in [0, 0.1) is 22.7 Å². The number of nitriles is 2. The van der Waals surface area contributed by atoms with Crippen molar-refractivity contribution in [2.75, 3.05) is 66.1 Å². The van der Waals surface area contributed by atoms with Gasteiger partial charge in [-0.15, -0.1) is 0 Å². The van der Waals surface area contributed by atoms with E-state index in [0.717, 1.165) is 242 Å². The van der Waals surface area contributed by atoms with Crippen LogP contribution in [0.2, 0.25) is 0 Å². The van der Waals surface area contributed by atoms with E-state index >= 15 is 0 Å². The molecule has 5 aromatic carbocycles. The van der Waals surface area contributed by atoms with E-state index in [1.807, 2.05) is 0 Å². The summed E-state index contributed by atoms with van der Waals surface area (Å²) in [6, 6.07) is 27.1. The first kappa shape index (κ1) is 106. The van der Waals surface area contributed by atoms with Crippen molar-refractivity contribution in [3.63, 3.8) is 0 Å². The molecule has 123 heavy (non-hydrogen) atoms. The number of rotatable bonds is 71. The van der Waals surface area contributed by atoms with Gasteiger partial charge in [0.15, 0.2) is 0 Å². The molecule has 10 bridgehead atoms. The van der Waals surface area contributed by atoms with Gasteiger partial charge >= 0.3 is 0 Å². The average molecular weight is 1700 g/mol. The van der Waals surface area contributed by atoms with Crippen LogP contribution in [0.15, 0.2) is 85.0 Å². The zero-order valence-corrected chi connectivity index (χ0v) is 80.0. The Bertz CT molecular complexity index is 2930. The highest BCUT2D eigenvalue weighted by Crippen LogP contribution is 2.44. The van der Waals surface area contributed by atoms with Gasteiger partial charge in [0.05, 0.1) is 78.2 Å². The van der Waals surface area contributed by atoms with Crippen LogP contribution in [0.1, 0.15) is 446 Å². The van der Waals surface area contributed by atoms with Crippen molar-refractivity contribution in [2.24, 2.45) is 0 Å². The number of benzene rings is 5. The molecule has 0 unspecified atom stereocenters. The van der Waals surface area contributed by atoms with Gasteiger partial charge in [0.1, 0.15) is 57.5 Å². The Morgan fingerprint density at radius 3 is 0.382 bits per heavy atom. The van der Waals surface area contributed by atoms with Crippen LogP contribution in [0.3, 0.4) is 0 Å². The van der Waals surface area contributed by atoms with E-state index in [4.69, 9.17) is 57.9 Å². The quantitative estimate of drug-likeness (QED) is 0.0204. The first-order valence-electron chi connectivity index (χ1n) is 50.8. The largest absolute Gasteiger partial charge is 0.493 e. The van der Waals surface area contributed by atoms with Crippen molar-refractivity contribution in [1.82, 2.24) is 0 Å². The molecule has 0 radical (unpaired) electrons. The molecule has 0 spiro atoms. The molecule has 0 aromatic heterocycles. The maximum Gasteiger partial charge on any atom is 0.123 e. The van der Waals surface area contributed by atoms with Crippen LogP contribution in [0.25, 0.3) is 0 Å². The molecule has 0 N–H and O–H groups in total. The number of hydrogen-bond donors (Lipinski definition) is 0. The number of unbranched alkanes of at least 4 members (excludes halogenated alkanes) is 40. The first-order chi connectivity index (χ1) is 60.6. The third-order valence-corrected chi connectivity index (χ3v) is 23.6. The number of ether oxygens (including phenoxy) is 10. The first-order valence-corrected chi connectivity index (χ1v) is 50.8. The summed E-state index contributed by atoms with van der Waals surface area (Å²) in [6.45, 7) is 29.2. The maximum absolute atomic E-state index is 7.91. The molecule has 0 heterocycles. The summed E-state index contributed by atoms with van der Waals surface area (Å²) in [7, 11) is 0. The van der Waals surface area contributed by atoms with E-state index in [0.29, 0.717) is 98.2 Å². The summed E-state index contributed by atoms with van der Waals surface area (Å²) >= 11 is 0. The molecule has 0 aliphatic heterocycles. The second-order valence-electron chi connectivity index (χ2n) is 34.8. The fourth-order valence-corrected chi connectivity index (χ4v) is 16.0. The van der Waals surface area contributed by atoms with Crippen molar-refractivity contribution < 1.29 is 47.4 Å². The molecule has 12 nitrogen and oxygen atoms in total. The second-order valence-corrected chi connectivity index (χ2v) is 34.8. The summed E-state index contributed by atoms with van der Waals surface area (Å²) in [6.07, 6.45) is 65.9. The minimum atomic E-state index is 0.570. The van der Waals surface area contributed by atoms with Crippen LogP contribution in [-0.4, -0.2) is 66.1 Å². The van der Waals surface area contributed by atoms with Crippen LogP contribution in [0.4, 0.5) is 0 Å². The molecule has 0 atom stereocenters. The van der Waals surface area contributed by atoms with Gasteiger partial charge in [-0.2, -0.15) is 10.5 Å². The van der Waals surface area contributed by atoms with E-state index < -0.39 is 0 Å². The zero-order valence-electron chi connectivity index (χ0n) is 80.0. The van der Waals surface area contributed by atoms with Crippen LogP contribution in [0.5, 0.6) is 57.5 Å². The van der Waals surface area contributed by atoms with Gasteiger partial charge in [-0.05, 0) is 125 Å². The van der Waals surface area contributed by atoms with Crippen LogP contribution < -0.4 is 47.4 Å². The Morgan fingerprint density at radius 2 is 0.285 bits per heavy atom.